The van der Waals surface area contributed by atoms with Crippen molar-refractivity contribution in [1.29, 1.82) is 0 Å². The molecule has 53 heavy (non-hydrogen) atoms. The standard InChI is InChI=1S/C47H37N5O/c1-47(2,3)33-23-24-48-45(27-33)52-42-19-11-7-15-37(42)38-22-21-35(29-44(38)52)53-36-26-32(31-13-5-4-6-14-31)25-34(28-36)50-30-51-43-20-12-9-17-40(43)49-46(51)39-16-8-10-18-41(39)50/h4-29H,30H2,1-3H3/i4D,5D,6D,13D,14D. The molecule has 0 radical (unpaired) electrons. The Balaban J connectivity index is 1.16. The van der Waals surface area contributed by atoms with Crippen LogP contribution < -0.4 is 9.64 Å². The smallest absolute Gasteiger partial charge is 0.144 e. The fourth-order valence-electron chi connectivity index (χ4n) is 7.50. The molecule has 0 unspecified atom stereocenters. The molecule has 1 aliphatic heterocycles. The van der Waals surface area contributed by atoms with Crippen LogP contribution in [0.1, 0.15) is 33.2 Å². The van der Waals surface area contributed by atoms with Gasteiger partial charge in [-0.2, -0.15) is 0 Å². The van der Waals surface area contributed by atoms with E-state index < -0.39 is 18.1 Å². The van der Waals surface area contributed by atoms with Crippen molar-refractivity contribution in [2.75, 3.05) is 4.90 Å². The molecule has 0 spiro atoms. The summed E-state index contributed by atoms with van der Waals surface area (Å²) in [5.74, 6) is 2.66. The van der Waals surface area contributed by atoms with Crippen molar-refractivity contribution in [1.82, 2.24) is 19.1 Å². The number of imidazole rings is 1. The van der Waals surface area contributed by atoms with Gasteiger partial charge in [0.2, 0.25) is 0 Å². The number of fused-ring (bicyclic) bond motifs is 8. The molecule has 0 atom stereocenters. The highest BCUT2D eigenvalue weighted by molar-refractivity contribution is 6.09. The van der Waals surface area contributed by atoms with E-state index >= 15 is 0 Å². The van der Waals surface area contributed by atoms with Gasteiger partial charge in [0.05, 0.1) is 34.6 Å². The van der Waals surface area contributed by atoms with E-state index in [1.807, 2.05) is 79.0 Å². The second kappa shape index (κ2) is 12.0. The number of pyridine rings is 1. The van der Waals surface area contributed by atoms with E-state index in [0.717, 1.165) is 55.7 Å². The number of ether oxygens (including phenoxy) is 1. The van der Waals surface area contributed by atoms with Gasteiger partial charge in [-0.05, 0) is 88.8 Å². The molecule has 0 saturated heterocycles. The minimum absolute atomic E-state index is 0.0743. The number of rotatable bonds is 5. The fourth-order valence-corrected chi connectivity index (χ4v) is 7.50. The number of aromatic nitrogens is 4. The van der Waals surface area contributed by atoms with Gasteiger partial charge in [0.25, 0.3) is 0 Å². The van der Waals surface area contributed by atoms with Gasteiger partial charge in [-0.15, -0.1) is 0 Å². The lowest BCUT2D eigenvalue weighted by Gasteiger charge is -2.33. The van der Waals surface area contributed by atoms with Crippen molar-refractivity contribution < 1.29 is 11.6 Å². The van der Waals surface area contributed by atoms with E-state index in [1.54, 1.807) is 6.07 Å². The molecule has 4 heterocycles. The molecule has 0 fully saturated rings. The Morgan fingerprint density at radius 3 is 2.32 bits per heavy atom. The van der Waals surface area contributed by atoms with Crippen LogP contribution in [-0.4, -0.2) is 19.1 Å². The van der Waals surface area contributed by atoms with E-state index in [-0.39, 0.29) is 23.1 Å². The summed E-state index contributed by atoms with van der Waals surface area (Å²) in [4.78, 5) is 12.0. The van der Waals surface area contributed by atoms with Gasteiger partial charge < -0.3 is 14.2 Å². The summed E-state index contributed by atoms with van der Waals surface area (Å²) >= 11 is 0. The molecule has 0 bridgehead atoms. The zero-order valence-corrected chi connectivity index (χ0v) is 29.5. The molecule has 6 aromatic carbocycles. The van der Waals surface area contributed by atoms with Crippen LogP contribution in [-0.2, 0) is 12.1 Å². The number of hydrogen-bond donors (Lipinski definition) is 0. The van der Waals surface area contributed by atoms with Gasteiger partial charge in [0.1, 0.15) is 29.8 Å². The molecule has 6 nitrogen and oxygen atoms in total. The monoisotopic (exact) mass is 692 g/mol. The van der Waals surface area contributed by atoms with Crippen LogP contribution in [0.2, 0.25) is 0 Å². The molecule has 0 saturated carbocycles. The number of nitrogens with zero attached hydrogens (tertiary/aromatic N) is 5. The minimum Gasteiger partial charge on any atom is -0.457 e. The van der Waals surface area contributed by atoms with Crippen LogP contribution in [0, 0.1) is 0 Å². The van der Waals surface area contributed by atoms with Crippen LogP contribution in [0.15, 0.2) is 158 Å². The first-order chi connectivity index (χ1) is 28.0. The molecule has 6 heteroatoms. The van der Waals surface area contributed by atoms with Crippen LogP contribution >= 0.6 is 0 Å². The first-order valence-electron chi connectivity index (χ1n) is 20.2. The third-order valence-corrected chi connectivity index (χ3v) is 10.1. The van der Waals surface area contributed by atoms with Gasteiger partial charge >= 0.3 is 0 Å². The zero-order chi connectivity index (χ0) is 40.0. The summed E-state index contributed by atoms with van der Waals surface area (Å²) < 4.78 is 54.2. The van der Waals surface area contributed by atoms with Gasteiger partial charge in [-0.25, -0.2) is 9.97 Å². The molecule has 10 rings (SSSR count). The average Bonchev–Trinajstić information content (AvgIpc) is 3.77. The fraction of sp³-hybridized carbons (Fsp3) is 0.106. The summed E-state index contributed by atoms with van der Waals surface area (Å²) in [5, 5.41) is 2.14. The first-order valence-corrected chi connectivity index (χ1v) is 17.7. The quantitative estimate of drug-likeness (QED) is 0.180. The maximum Gasteiger partial charge on any atom is 0.144 e. The second-order valence-electron chi connectivity index (χ2n) is 14.4. The largest absolute Gasteiger partial charge is 0.457 e. The van der Waals surface area contributed by atoms with Crippen molar-refractivity contribution in [2.45, 2.75) is 32.9 Å². The minimum atomic E-state index is -0.443. The van der Waals surface area contributed by atoms with Crippen molar-refractivity contribution in [3.8, 4) is 39.8 Å². The number of anilines is 2. The van der Waals surface area contributed by atoms with Crippen LogP contribution in [0.5, 0.6) is 11.5 Å². The third kappa shape index (κ3) is 5.25. The number of benzene rings is 6. The number of hydrogen-bond acceptors (Lipinski definition) is 4. The van der Waals surface area contributed by atoms with E-state index in [2.05, 4.69) is 77.3 Å². The molecule has 0 N–H and O–H groups in total. The highest BCUT2D eigenvalue weighted by Crippen LogP contribution is 2.44. The third-order valence-electron chi connectivity index (χ3n) is 10.1. The Morgan fingerprint density at radius 1 is 0.679 bits per heavy atom. The molecule has 9 aromatic rings. The van der Waals surface area contributed by atoms with Gasteiger partial charge in [0, 0.05) is 40.4 Å². The second-order valence-corrected chi connectivity index (χ2v) is 14.4. The molecule has 0 aliphatic carbocycles. The van der Waals surface area contributed by atoms with Crippen LogP contribution in [0.3, 0.4) is 0 Å². The predicted molar refractivity (Wildman–Crippen MR) is 217 cm³/mol. The van der Waals surface area contributed by atoms with E-state index in [1.165, 1.54) is 5.56 Å². The Hall–Kier alpha value is -6.66. The number of para-hydroxylation sites is 4. The molecular weight excluding hydrogens is 651 g/mol. The van der Waals surface area contributed by atoms with E-state index in [0.29, 0.717) is 29.4 Å². The highest BCUT2D eigenvalue weighted by Gasteiger charge is 2.27. The maximum atomic E-state index is 8.92. The SMILES string of the molecule is [2H]c1c([2H])c([2H])c(-c2cc(Oc3ccc4c5ccccc5n(-c5cc(C(C)(C)C)ccn5)c4c3)cc(N3Cn4c(nc5ccccc54)-c4ccccc43)c2)c([2H])c1[2H]. The lowest BCUT2D eigenvalue weighted by molar-refractivity contribution is 0.483. The van der Waals surface area contributed by atoms with Crippen molar-refractivity contribution in [2.24, 2.45) is 0 Å². The molecular formula is C47H37N5O. The summed E-state index contributed by atoms with van der Waals surface area (Å²) in [7, 11) is 0. The topological polar surface area (TPSA) is 48.1 Å². The summed E-state index contributed by atoms with van der Waals surface area (Å²) in [6.45, 7) is 6.99. The van der Waals surface area contributed by atoms with Crippen LogP contribution in [0.25, 0.3) is 61.2 Å². The molecule has 0 amide bonds. The Labute approximate surface area is 315 Å². The molecule has 3 aromatic heterocycles. The zero-order valence-electron chi connectivity index (χ0n) is 34.5. The molecule has 256 valence electrons. The normalized spacial score (nSPS) is 14.0. The summed E-state index contributed by atoms with van der Waals surface area (Å²) in [6.07, 6.45) is 1.86. The van der Waals surface area contributed by atoms with Gasteiger partial charge in [-0.3, -0.25) is 4.57 Å². The summed E-state index contributed by atoms with van der Waals surface area (Å²) in [5.41, 5.74) is 8.02. The van der Waals surface area contributed by atoms with Crippen molar-refractivity contribution in [3.63, 3.8) is 0 Å². The lowest BCUT2D eigenvalue weighted by Crippen LogP contribution is -2.26. The van der Waals surface area contributed by atoms with Crippen molar-refractivity contribution >= 4 is 44.2 Å². The van der Waals surface area contributed by atoms with Gasteiger partial charge in [0.15, 0.2) is 0 Å². The van der Waals surface area contributed by atoms with Gasteiger partial charge in [-0.1, -0.05) is 93.4 Å². The van der Waals surface area contributed by atoms with E-state index in [9.17, 15) is 0 Å². The predicted octanol–water partition coefficient (Wildman–Crippen LogP) is 12.1. The summed E-state index contributed by atoms with van der Waals surface area (Å²) in [6, 6.07) is 38.4. The Kier molecular flexibility index (Phi) is 5.90. The first kappa shape index (κ1) is 26.2. The highest BCUT2D eigenvalue weighted by atomic mass is 16.5. The maximum absolute atomic E-state index is 8.92. The van der Waals surface area contributed by atoms with Crippen LogP contribution in [0.4, 0.5) is 11.4 Å². The average molecular weight is 693 g/mol. The lowest BCUT2D eigenvalue weighted by atomic mass is 9.88. The molecule has 1 aliphatic rings. The Bertz CT molecular complexity index is 3120. The van der Waals surface area contributed by atoms with Crippen molar-refractivity contribution in [3.05, 3.63) is 163 Å². The Morgan fingerprint density at radius 2 is 1.45 bits per heavy atom. The van der Waals surface area contributed by atoms with E-state index in [4.69, 9.17) is 21.6 Å².